The second-order valence-corrected chi connectivity index (χ2v) is 7.13. The van der Waals surface area contributed by atoms with Gasteiger partial charge in [0.2, 0.25) is 0 Å². The lowest BCUT2D eigenvalue weighted by molar-refractivity contribution is 0.628. The topological polar surface area (TPSA) is 28.7 Å². The van der Waals surface area contributed by atoms with E-state index in [1.54, 1.807) is 12.1 Å². The number of aromatic nitrogens is 2. The Balaban J connectivity index is 1.58. The molecule has 30 heavy (non-hydrogen) atoms. The van der Waals surface area contributed by atoms with E-state index in [2.05, 4.69) is 41.4 Å². The Morgan fingerprint density at radius 2 is 1.00 bits per heavy atom. The lowest BCUT2D eigenvalue weighted by Crippen LogP contribution is -1.84. The van der Waals surface area contributed by atoms with Crippen LogP contribution in [0.5, 0.6) is 0 Å². The molecule has 0 aliphatic carbocycles. The van der Waals surface area contributed by atoms with Gasteiger partial charge in [-0.2, -0.15) is 0 Å². The minimum atomic E-state index is -0.253. The number of hydrogen-bond acceptors (Lipinski definition) is 1. The molecule has 5 rings (SSSR count). The number of benzene rings is 4. The molecule has 0 bridgehead atoms. The molecule has 0 radical (unpaired) electrons. The first kappa shape index (κ1) is 18.1. The Bertz CT molecular complexity index is 1260. The summed E-state index contributed by atoms with van der Waals surface area (Å²) in [7, 11) is 0. The highest BCUT2D eigenvalue weighted by Crippen LogP contribution is 2.33. The summed E-state index contributed by atoms with van der Waals surface area (Å²) in [4.78, 5) is 8.36. The molecule has 0 aliphatic rings. The van der Waals surface area contributed by atoms with Crippen LogP contribution in [0.15, 0.2) is 109 Å². The van der Waals surface area contributed by atoms with Gasteiger partial charge in [-0.1, -0.05) is 84.9 Å². The Morgan fingerprint density at radius 3 is 1.63 bits per heavy atom. The Labute approximate surface area is 174 Å². The van der Waals surface area contributed by atoms with Crippen molar-refractivity contribution in [1.29, 1.82) is 0 Å². The monoisotopic (exact) mass is 390 g/mol. The smallest absolute Gasteiger partial charge is 0.138 e. The predicted molar refractivity (Wildman–Crippen MR) is 120 cm³/mol. The van der Waals surface area contributed by atoms with Gasteiger partial charge in [-0.05, 0) is 35.4 Å². The number of nitrogens with one attached hydrogen (secondary N) is 1. The van der Waals surface area contributed by atoms with Crippen LogP contribution >= 0.6 is 0 Å². The normalized spacial score (nSPS) is 10.8. The molecular formula is C27H19FN2. The third-order valence-corrected chi connectivity index (χ3v) is 5.15. The second-order valence-electron chi connectivity index (χ2n) is 7.13. The molecule has 144 valence electrons. The quantitative estimate of drug-likeness (QED) is 0.345. The highest BCUT2D eigenvalue weighted by Gasteiger charge is 2.15. The molecule has 3 heteroatoms. The average molecular weight is 390 g/mol. The summed E-state index contributed by atoms with van der Waals surface area (Å²) in [6, 6.07) is 35.2. The Kier molecular flexibility index (Phi) is 4.70. The standard InChI is InChI=1S/C27H19FN2/c28-24-17-15-22(16-18-24)26-25(21-9-5-2-6-10-21)29-27(30-26)23-13-11-20(12-14-23)19-7-3-1-4-8-19/h1-18H,(H,29,30). The molecule has 1 N–H and O–H groups in total. The molecule has 0 spiro atoms. The molecule has 0 fully saturated rings. The first-order valence-corrected chi connectivity index (χ1v) is 9.85. The zero-order chi connectivity index (χ0) is 20.3. The van der Waals surface area contributed by atoms with Gasteiger partial charge in [-0.15, -0.1) is 0 Å². The van der Waals surface area contributed by atoms with E-state index in [0.29, 0.717) is 0 Å². The summed E-state index contributed by atoms with van der Waals surface area (Å²) in [6.45, 7) is 0. The summed E-state index contributed by atoms with van der Waals surface area (Å²) < 4.78 is 13.4. The zero-order valence-corrected chi connectivity index (χ0v) is 16.2. The van der Waals surface area contributed by atoms with Crippen molar-refractivity contribution in [3.05, 3.63) is 115 Å². The Hall–Kier alpha value is -3.98. The van der Waals surface area contributed by atoms with Gasteiger partial charge in [-0.25, -0.2) is 9.37 Å². The molecule has 0 saturated carbocycles. The second kappa shape index (κ2) is 7.80. The number of halogens is 1. The number of imidazole rings is 1. The molecule has 0 saturated heterocycles. The van der Waals surface area contributed by atoms with Crippen molar-refractivity contribution < 1.29 is 4.39 Å². The molecule has 0 unspecified atom stereocenters. The van der Waals surface area contributed by atoms with E-state index < -0.39 is 0 Å². The number of nitrogens with zero attached hydrogens (tertiary/aromatic N) is 1. The fourth-order valence-electron chi connectivity index (χ4n) is 3.59. The van der Waals surface area contributed by atoms with Crippen LogP contribution in [0.25, 0.3) is 45.0 Å². The van der Waals surface area contributed by atoms with Gasteiger partial charge >= 0.3 is 0 Å². The van der Waals surface area contributed by atoms with Crippen LogP contribution < -0.4 is 0 Å². The van der Waals surface area contributed by atoms with Crippen LogP contribution in [0, 0.1) is 5.82 Å². The SMILES string of the molecule is Fc1ccc(-c2[nH]c(-c3ccc(-c4ccccc4)cc3)nc2-c2ccccc2)cc1. The van der Waals surface area contributed by atoms with Crippen LogP contribution in [0.4, 0.5) is 4.39 Å². The maximum absolute atomic E-state index is 13.4. The molecule has 1 aromatic heterocycles. The Morgan fingerprint density at radius 1 is 0.500 bits per heavy atom. The van der Waals surface area contributed by atoms with Gasteiger partial charge in [-0.3, -0.25) is 0 Å². The van der Waals surface area contributed by atoms with Gasteiger partial charge in [0.15, 0.2) is 0 Å². The van der Waals surface area contributed by atoms with Crippen LogP contribution in [0.1, 0.15) is 0 Å². The third kappa shape index (κ3) is 3.53. The van der Waals surface area contributed by atoms with E-state index in [4.69, 9.17) is 4.98 Å². The fourth-order valence-corrected chi connectivity index (χ4v) is 3.59. The summed E-state index contributed by atoms with van der Waals surface area (Å²) in [5.41, 5.74) is 6.98. The van der Waals surface area contributed by atoms with Gasteiger partial charge in [0.25, 0.3) is 0 Å². The first-order valence-electron chi connectivity index (χ1n) is 9.85. The van der Waals surface area contributed by atoms with Crippen molar-refractivity contribution in [3.63, 3.8) is 0 Å². The average Bonchev–Trinajstić information content (AvgIpc) is 3.26. The molecule has 5 aromatic rings. The fraction of sp³-hybridized carbons (Fsp3) is 0. The maximum atomic E-state index is 13.4. The van der Waals surface area contributed by atoms with E-state index in [-0.39, 0.29) is 5.82 Å². The van der Waals surface area contributed by atoms with Crippen LogP contribution in [-0.2, 0) is 0 Å². The highest BCUT2D eigenvalue weighted by atomic mass is 19.1. The summed E-state index contributed by atoms with van der Waals surface area (Å²) in [6.07, 6.45) is 0. The van der Waals surface area contributed by atoms with Gasteiger partial charge in [0.1, 0.15) is 11.6 Å². The van der Waals surface area contributed by atoms with Gasteiger partial charge < -0.3 is 4.98 Å². The first-order chi connectivity index (χ1) is 14.8. The van der Waals surface area contributed by atoms with Crippen LogP contribution in [0.2, 0.25) is 0 Å². The zero-order valence-electron chi connectivity index (χ0n) is 16.2. The summed E-state index contributed by atoms with van der Waals surface area (Å²) in [5, 5.41) is 0. The molecule has 0 atom stereocenters. The van der Waals surface area contributed by atoms with Crippen LogP contribution in [0.3, 0.4) is 0 Å². The molecular weight excluding hydrogens is 371 g/mol. The van der Waals surface area contributed by atoms with Crippen molar-refractivity contribution in [2.45, 2.75) is 0 Å². The van der Waals surface area contributed by atoms with Crippen molar-refractivity contribution >= 4 is 0 Å². The van der Waals surface area contributed by atoms with E-state index in [1.165, 1.54) is 17.7 Å². The van der Waals surface area contributed by atoms with E-state index in [0.717, 1.165) is 39.5 Å². The minimum Gasteiger partial charge on any atom is -0.337 e. The molecule has 0 amide bonds. The van der Waals surface area contributed by atoms with Crippen molar-refractivity contribution in [1.82, 2.24) is 9.97 Å². The van der Waals surface area contributed by atoms with E-state index in [9.17, 15) is 4.39 Å². The highest BCUT2D eigenvalue weighted by molar-refractivity contribution is 5.81. The number of hydrogen-bond donors (Lipinski definition) is 1. The predicted octanol–water partition coefficient (Wildman–Crippen LogP) is 7.22. The molecule has 4 aromatic carbocycles. The molecule has 2 nitrogen and oxygen atoms in total. The van der Waals surface area contributed by atoms with E-state index in [1.807, 2.05) is 48.5 Å². The summed E-state index contributed by atoms with van der Waals surface area (Å²) >= 11 is 0. The number of H-pyrrole nitrogens is 1. The van der Waals surface area contributed by atoms with Crippen molar-refractivity contribution in [2.24, 2.45) is 0 Å². The van der Waals surface area contributed by atoms with Crippen molar-refractivity contribution in [3.8, 4) is 45.0 Å². The minimum absolute atomic E-state index is 0.253. The maximum Gasteiger partial charge on any atom is 0.138 e. The van der Waals surface area contributed by atoms with E-state index >= 15 is 0 Å². The van der Waals surface area contributed by atoms with Gasteiger partial charge in [0.05, 0.1) is 11.4 Å². The van der Waals surface area contributed by atoms with Crippen LogP contribution in [-0.4, -0.2) is 9.97 Å². The number of rotatable bonds is 4. The third-order valence-electron chi connectivity index (χ3n) is 5.15. The largest absolute Gasteiger partial charge is 0.337 e. The molecule has 1 heterocycles. The van der Waals surface area contributed by atoms with Crippen molar-refractivity contribution in [2.75, 3.05) is 0 Å². The number of aromatic amines is 1. The lowest BCUT2D eigenvalue weighted by Gasteiger charge is -2.03. The molecule has 0 aliphatic heterocycles. The summed E-state index contributed by atoms with van der Waals surface area (Å²) in [5.74, 6) is 0.532. The lowest BCUT2D eigenvalue weighted by atomic mass is 10.0. The van der Waals surface area contributed by atoms with Gasteiger partial charge in [0, 0.05) is 16.7 Å².